The van der Waals surface area contributed by atoms with Gasteiger partial charge in [-0.05, 0) is 36.1 Å². The zero-order chi connectivity index (χ0) is 21.9. The lowest BCUT2D eigenvalue weighted by atomic mass is 10.0. The largest absolute Gasteiger partial charge is 0.494 e. The number of nitrogens with one attached hydrogen (secondary N) is 2. The number of hydrogen-bond donors (Lipinski definition) is 2. The number of rotatable bonds is 9. The number of guanidine groups is 1. The van der Waals surface area contributed by atoms with E-state index in [1.807, 2.05) is 24.3 Å². The van der Waals surface area contributed by atoms with Crippen LogP contribution in [0.25, 0.3) is 0 Å². The molecule has 1 heterocycles. The summed E-state index contributed by atoms with van der Waals surface area (Å²) in [4.78, 5) is 6.68. The summed E-state index contributed by atoms with van der Waals surface area (Å²) in [6.45, 7) is 4.61. The average Bonchev–Trinajstić information content (AvgIpc) is 2.80. The van der Waals surface area contributed by atoms with Gasteiger partial charge in [0.25, 0.3) is 0 Å². The lowest BCUT2D eigenvalue weighted by molar-refractivity contribution is 0.125. The summed E-state index contributed by atoms with van der Waals surface area (Å²) in [5, 5.41) is 6.82. The van der Waals surface area contributed by atoms with Gasteiger partial charge < -0.3 is 20.1 Å². The minimum Gasteiger partial charge on any atom is -0.494 e. The predicted molar refractivity (Wildman–Crippen MR) is 137 cm³/mol. The Bertz CT molecular complexity index is 830. The molecule has 0 radical (unpaired) electrons. The predicted octanol–water partition coefficient (Wildman–Crippen LogP) is 3.80. The number of hydrogen-bond acceptors (Lipinski definition) is 4. The molecule has 0 amide bonds. The molecule has 0 bridgehead atoms. The van der Waals surface area contributed by atoms with Crippen molar-refractivity contribution in [3.05, 3.63) is 65.5 Å². The van der Waals surface area contributed by atoms with Crippen LogP contribution < -0.4 is 15.4 Å². The third kappa shape index (κ3) is 8.55. The first-order chi connectivity index (χ1) is 15.2. The van der Waals surface area contributed by atoms with Crippen molar-refractivity contribution in [2.24, 2.45) is 4.99 Å². The average molecular weight is 556 g/mol. The van der Waals surface area contributed by atoms with Gasteiger partial charge in [-0.1, -0.05) is 36.4 Å². The summed E-state index contributed by atoms with van der Waals surface area (Å²) < 4.78 is 24.6. The standard InChI is InChI=1S/C24H33FN4O2.HI/c1-26-24(27-12-15-31-18-19-6-4-3-5-7-19)28-21-10-13-29(14-11-21)17-20-8-9-23(30-2)22(25)16-20;/h3-9,16,21H,10-15,17-18H2,1-2H3,(H2,26,27,28);1H. The molecule has 0 aliphatic carbocycles. The number of ether oxygens (including phenoxy) is 2. The van der Waals surface area contributed by atoms with E-state index in [0.29, 0.717) is 25.8 Å². The number of likely N-dealkylation sites (tertiary alicyclic amines) is 1. The second-order valence-electron chi connectivity index (χ2n) is 7.70. The Morgan fingerprint density at radius 2 is 1.88 bits per heavy atom. The summed E-state index contributed by atoms with van der Waals surface area (Å²) in [6, 6.07) is 15.7. The lowest BCUT2D eigenvalue weighted by Gasteiger charge is -2.33. The Morgan fingerprint density at radius 3 is 2.53 bits per heavy atom. The first-order valence-corrected chi connectivity index (χ1v) is 10.8. The van der Waals surface area contributed by atoms with Gasteiger partial charge in [0.15, 0.2) is 17.5 Å². The van der Waals surface area contributed by atoms with E-state index in [2.05, 4.69) is 32.7 Å². The molecule has 2 aromatic carbocycles. The van der Waals surface area contributed by atoms with Crippen molar-refractivity contribution in [2.45, 2.75) is 32.0 Å². The quantitative estimate of drug-likeness (QED) is 0.213. The zero-order valence-electron chi connectivity index (χ0n) is 18.9. The molecule has 176 valence electrons. The maximum atomic E-state index is 13.9. The number of nitrogens with zero attached hydrogens (tertiary/aromatic N) is 2. The van der Waals surface area contributed by atoms with Crippen molar-refractivity contribution in [1.29, 1.82) is 0 Å². The SMILES string of the molecule is CN=C(NCCOCc1ccccc1)NC1CCN(Cc2ccc(OC)c(F)c2)CC1.I. The third-order valence-corrected chi connectivity index (χ3v) is 5.42. The molecule has 2 aromatic rings. The molecule has 1 fully saturated rings. The van der Waals surface area contributed by atoms with Crippen LogP contribution in [0.3, 0.4) is 0 Å². The van der Waals surface area contributed by atoms with Crippen LogP contribution in [-0.2, 0) is 17.9 Å². The first-order valence-electron chi connectivity index (χ1n) is 10.8. The summed E-state index contributed by atoms with van der Waals surface area (Å²) in [5.41, 5.74) is 2.15. The molecular weight excluding hydrogens is 522 g/mol. The molecule has 1 aliphatic rings. The fourth-order valence-corrected chi connectivity index (χ4v) is 3.70. The van der Waals surface area contributed by atoms with Gasteiger partial charge in [-0.3, -0.25) is 9.89 Å². The molecule has 2 N–H and O–H groups in total. The molecule has 0 aromatic heterocycles. The van der Waals surface area contributed by atoms with E-state index >= 15 is 0 Å². The van der Waals surface area contributed by atoms with Crippen molar-refractivity contribution in [3.63, 3.8) is 0 Å². The second kappa shape index (κ2) is 14.3. The van der Waals surface area contributed by atoms with Crippen molar-refractivity contribution < 1.29 is 13.9 Å². The van der Waals surface area contributed by atoms with Gasteiger partial charge >= 0.3 is 0 Å². The molecule has 0 unspecified atom stereocenters. The van der Waals surface area contributed by atoms with Gasteiger partial charge in [-0.25, -0.2) is 4.39 Å². The van der Waals surface area contributed by atoms with E-state index in [0.717, 1.165) is 44.0 Å². The van der Waals surface area contributed by atoms with E-state index in [-0.39, 0.29) is 35.5 Å². The summed E-state index contributed by atoms with van der Waals surface area (Å²) in [7, 11) is 3.27. The highest BCUT2D eigenvalue weighted by Gasteiger charge is 2.20. The van der Waals surface area contributed by atoms with Crippen LogP contribution in [0.2, 0.25) is 0 Å². The molecule has 3 rings (SSSR count). The zero-order valence-corrected chi connectivity index (χ0v) is 21.2. The third-order valence-electron chi connectivity index (χ3n) is 5.42. The minimum absolute atomic E-state index is 0. The first kappa shape index (κ1) is 26.3. The van der Waals surface area contributed by atoms with Gasteiger partial charge in [0.05, 0.1) is 20.3 Å². The van der Waals surface area contributed by atoms with E-state index in [1.54, 1.807) is 19.2 Å². The minimum atomic E-state index is -0.306. The normalized spacial score (nSPS) is 15.2. The number of aliphatic imine (C=N–C) groups is 1. The number of benzene rings is 2. The number of halogens is 2. The Hall–Kier alpha value is -1.91. The summed E-state index contributed by atoms with van der Waals surface area (Å²) in [6.07, 6.45) is 2.04. The highest BCUT2D eigenvalue weighted by atomic mass is 127. The molecule has 0 atom stereocenters. The van der Waals surface area contributed by atoms with Crippen molar-refractivity contribution >= 4 is 29.9 Å². The maximum Gasteiger partial charge on any atom is 0.191 e. The number of methoxy groups -OCH3 is 1. The Balaban J connectivity index is 0.00000363. The van der Waals surface area contributed by atoms with E-state index in [9.17, 15) is 4.39 Å². The lowest BCUT2D eigenvalue weighted by Crippen LogP contribution is -2.49. The molecule has 32 heavy (non-hydrogen) atoms. The molecule has 1 aliphatic heterocycles. The van der Waals surface area contributed by atoms with Crippen LogP contribution in [0.5, 0.6) is 5.75 Å². The second-order valence-corrected chi connectivity index (χ2v) is 7.70. The van der Waals surface area contributed by atoms with Gasteiger partial charge in [0.1, 0.15) is 0 Å². The smallest absolute Gasteiger partial charge is 0.191 e. The van der Waals surface area contributed by atoms with E-state index < -0.39 is 0 Å². The fourth-order valence-electron chi connectivity index (χ4n) is 3.70. The van der Waals surface area contributed by atoms with Crippen LogP contribution in [0.1, 0.15) is 24.0 Å². The van der Waals surface area contributed by atoms with Crippen LogP contribution >= 0.6 is 24.0 Å². The van der Waals surface area contributed by atoms with Gasteiger partial charge in [0.2, 0.25) is 0 Å². The topological polar surface area (TPSA) is 58.1 Å². The van der Waals surface area contributed by atoms with E-state index in [4.69, 9.17) is 9.47 Å². The molecule has 0 spiro atoms. The van der Waals surface area contributed by atoms with Crippen LogP contribution in [-0.4, -0.2) is 57.3 Å². The summed E-state index contributed by atoms with van der Waals surface area (Å²) >= 11 is 0. The van der Waals surface area contributed by atoms with Gasteiger partial charge in [-0.15, -0.1) is 24.0 Å². The Labute approximate surface area is 207 Å². The molecule has 8 heteroatoms. The molecule has 1 saturated heterocycles. The van der Waals surface area contributed by atoms with E-state index in [1.165, 1.54) is 12.7 Å². The van der Waals surface area contributed by atoms with Crippen molar-refractivity contribution in [1.82, 2.24) is 15.5 Å². The van der Waals surface area contributed by atoms with Gasteiger partial charge in [0, 0.05) is 39.3 Å². The summed E-state index contributed by atoms with van der Waals surface area (Å²) in [5.74, 6) is 0.786. The van der Waals surface area contributed by atoms with Crippen LogP contribution in [0, 0.1) is 5.82 Å². The Kier molecular flexibility index (Phi) is 11.8. The van der Waals surface area contributed by atoms with Crippen LogP contribution in [0.15, 0.2) is 53.5 Å². The molecular formula is C24H34FIN4O2. The maximum absolute atomic E-state index is 13.9. The number of piperidine rings is 1. The van der Waals surface area contributed by atoms with Crippen molar-refractivity contribution in [2.75, 3.05) is 40.4 Å². The van der Waals surface area contributed by atoms with Gasteiger partial charge in [-0.2, -0.15) is 0 Å². The molecule has 6 nitrogen and oxygen atoms in total. The fraction of sp³-hybridized carbons (Fsp3) is 0.458. The highest BCUT2D eigenvalue weighted by molar-refractivity contribution is 14.0. The highest BCUT2D eigenvalue weighted by Crippen LogP contribution is 2.20. The monoisotopic (exact) mass is 556 g/mol. The molecule has 0 saturated carbocycles. The Morgan fingerprint density at radius 1 is 1.12 bits per heavy atom. The van der Waals surface area contributed by atoms with Crippen LogP contribution in [0.4, 0.5) is 4.39 Å². The van der Waals surface area contributed by atoms with Crippen molar-refractivity contribution in [3.8, 4) is 5.75 Å².